The number of rotatable bonds is 5. The highest BCUT2D eigenvalue weighted by Gasteiger charge is 2.21. The Morgan fingerprint density at radius 3 is 2.73 bits per heavy atom. The van der Waals surface area contributed by atoms with Crippen LogP contribution in [0.4, 0.5) is 0 Å². The first kappa shape index (κ1) is 17.6. The number of benzene rings is 2. The van der Waals surface area contributed by atoms with E-state index in [1.54, 1.807) is 48.5 Å². The number of hydrogen-bond donors (Lipinski definition) is 2. The summed E-state index contributed by atoms with van der Waals surface area (Å²) in [6.07, 6.45) is 0. The van der Waals surface area contributed by atoms with Crippen LogP contribution >= 0.6 is 11.6 Å². The zero-order chi connectivity index (χ0) is 18.5. The Balaban J connectivity index is 1.78. The highest BCUT2D eigenvalue weighted by molar-refractivity contribution is 6.30. The summed E-state index contributed by atoms with van der Waals surface area (Å²) < 4.78 is 5.55. The number of hydrogen-bond acceptors (Lipinski definition) is 6. The Morgan fingerprint density at radius 1 is 1.27 bits per heavy atom. The van der Waals surface area contributed by atoms with Crippen molar-refractivity contribution in [1.29, 1.82) is 5.26 Å². The van der Waals surface area contributed by atoms with E-state index in [9.17, 15) is 9.90 Å². The van der Waals surface area contributed by atoms with E-state index in [1.165, 1.54) is 0 Å². The smallest absolute Gasteiger partial charge is 0.251 e. The molecular formula is C18H13ClN4O3. The lowest BCUT2D eigenvalue weighted by Crippen LogP contribution is -2.31. The molecule has 0 aliphatic heterocycles. The maximum absolute atomic E-state index is 12.3. The minimum Gasteiger partial charge on any atom is -0.418 e. The standard InChI is InChI=1S/C18H13ClN4O3/c19-14-6-4-12(5-7-14)16(25)21-15(10-24)18-23-22-17(26-18)13-3-1-2-11(8-13)9-20/h1-8,15,24H,10H2,(H,21,25)/t15-/m0/s1. The maximum atomic E-state index is 12.3. The number of aliphatic hydroxyl groups excluding tert-OH is 1. The van der Waals surface area contributed by atoms with E-state index in [1.807, 2.05) is 6.07 Å². The molecule has 3 rings (SSSR count). The van der Waals surface area contributed by atoms with E-state index in [2.05, 4.69) is 15.5 Å². The molecule has 0 fully saturated rings. The van der Waals surface area contributed by atoms with Crippen molar-refractivity contribution in [3.8, 4) is 17.5 Å². The van der Waals surface area contributed by atoms with Crippen LogP contribution in [0.2, 0.25) is 5.02 Å². The van der Waals surface area contributed by atoms with Crippen molar-refractivity contribution in [1.82, 2.24) is 15.5 Å². The van der Waals surface area contributed by atoms with Gasteiger partial charge in [-0.1, -0.05) is 17.7 Å². The minimum absolute atomic E-state index is 0.0622. The fraction of sp³-hybridized carbons (Fsp3) is 0.111. The predicted octanol–water partition coefficient (Wildman–Crippen LogP) is 2.73. The molecule has 130 valence electrons. The van der Waals surface area contributed by atoms with Crippen LogP contribution in [0.15, 0.2) is 52.9 Å². The van der Waals surface area contributed by atoms with Gasteiger partial charge in [0, 0.05) is 16.1 Å². The molecule has 8 heteroatoms. The van der Waals surface area contributed by atoms with Crippen LogP contribution in [0.25, 0.3) is 11.5 Å². The molecule has 26 heavy (non-hydrogen) atoms. The highest BCUT2D eigenvalue weighted by Crippen LogP contribution is 2.22. The number of carbonyl (C=O) groups excluding carboxylic acids is 1. The Morgan fingerprint density at radius 2 is 2.04 bits per heavy atom. The maximum Gasteiger partial charge on any atom is 0.251 e. The SMILES string of the molecule is N#Cc1cccc(-c2nnc([C@H](CO)NC(=O)c3ccc(Cl)cc3)o2)c1. The van der Waals surface area contributed by atoms with Gasteiger partial charge in [-0.2, -0.15) is 5.26 Å². The first-order valence-corrected chi connectivity index (χ1v) is 7.99. The first-order valence-electron chi connectivity index (χ1n) is 7.62. The van der Waals surface area contributed by atoms with E-state index in [0.717, 1.165) is 0 Å². The molecular weight excluding hydrogens is 356 g/mol. The number of carbonyl (C=O) groups is 1. The summed E-state index contributed by atoms with van der Waals surface area (Å²) in [4.78, 5) is 12.3. The molecule has 0 spiro atoms. The van der Waals surface area contributed by atoms with Gasteiger partial charge < -0.3 is 14.8 Å². The third-order valence-electron chi connectivity index (χ3n) is 3.57. The topological polar surface area (TPSA) is 112 Å². The molecule has 0 bridgehead atoms. The second-order valence-corrected chi connectivity index (χ2v) is 5.79. The first-order chi connectivity index (χ1) is 12.6. The van der Waals surface area contributed by atoms with E-state index in [4.69, 9.17) is 21.3 Å². The number of halogens is 1. The van der Waals surface area contributed by atoms with Gasteiger partial charge >= 0.3 is 0 Å². The Hall–Kier alpha value is -3.21. The van der Waals surface area contributed by atoms with Gasteiger partial charge in [0.1, 0.15) is 6.04 Å². The Bertz CT molecular complexity index is 963. The van der Waals surface area contributed by atoms with Crippen LogP contribution < -0.4 is 5.32 Å². The van der Waals surface area contributed by atoms with Crippen LogP contribution in [0.5, 0.6) is 0 Å². The fourth-order valence-corrected chi connectivity index (χ4v) is 2.37. The van der Waals surface area contributed by atoms with Crippen molar-refractivity contribution < 1.29 is 14.3 Å². The van der Waals surface area contributed by atoms with E-state index >= 15 is 0 Å². The number of aliphatic hydroxyl groups is 1. The summed E-state index contributed by atoms with van der Waals surface area (Å²) in [5.74, 6) is -0.157. The van der Waals surface area contributed by atoms with Crippen molar-refractivity contribution >= 4 is 17.5 Å². The molecule has 3 aromatic rings. The van der Waals surface area contributed by atoms with Crippen molar-refractivity contribution in [3.63, 3.8) is 0 Å². The number of amides is 1. The Kier molecular flexibility index (Phi) is 5.27. The van der Waals surface area contributed by atoms with Crippen molar-refractivity contribution in [2.45, 2.75) is 6.04 Å². The summed E-state index contributed by atoms with van der Waals surface area (Å²) in [5.41, 5.74) is 1.41. The summed E-state index contributed by atoms with van der Waals surface area (Å²) in [6, 6.07) is 14.2. The lowest BCUT2D eigenvalue weighted by atomic mass is 10.1. The molecule has 2 N–H and O–H groups in total. The third-order valence-corrected chi connectivity index (χ3v) is 3.82. The van der Waals surface area contributed by atoms with Crippen molar-refractivity contribution in [3.05, 3.63) is 70.6 Å². The number of nitriles is 1. The lowest BCUT2D eigenvalue weighted by molar-refractivity contribution is 0.0905. The summed E-state index contributed by atoms with van der Waals surface area (Å²) in [6.45, 7) is -0.417. The molecule has 2 aromatic carbocycles. The molecule has 7 nitrogen and oxygen atoms in total. The van der Waals surface area contributed by atoms with E-state index < -0.39 is 18.6 Å². The minimum atomic E-state index is -0.862. The third kappa shape index (κ3) is 3.88. The molecule has 1 amide bonds. The molecule has 0 unspecified atom stereocenters. The summed E-state index contributed by atoms with van der Waals surface area (Å²) in [7, 11) is 0. The molecule has 1 atom stereocenters. The van der Waals surface area contributed by atoms with Gasteiger partial charge in [0.15, 0.2) is 0 Å². The van der Waals surface area contributed by atoms with E-state index in [-0.39, 0.29) is 11.8 Å². The normalized spacial score (nSPS) is 11.6. The molecule has 0 aliphatic rings. The predicted molar refractivity (Wildman–Crippen MR) is 93.2 cm³/mol. The summed E-state index contributed by atoms with van der Waals surface area (Å²) in [5, 5.41) is 29.5. The monoisotopic (exact) mass is 368 g/mol. The molecule has 1 heterocycles. The highest BCUT2D eigenvalue weighted by atomic mass is 35.5. The molecule has 0 aliphatic carbocycles. The summed E-state index contributed by atoms with van der Waals surface area (Å²) >= 11 is 5.80. The van der Waals surface area contributed by atoms with E-state index in [0.29, 0.717) is 21.7 Å². The van der Waals surface area contributed by atoms with Gasteiger partial charge in [0.25, 0.3) is 5.91 Å². The fourth-order valence-electron chi connectivity index (χ4n) is 2.24. The number of aromatic nitrogens is 2. The number of nitrogens with one attached hydrogen (secondary N) is 1. The van der Waals surface area contributed by atoms with Crippen LogP contribution in [-0.4, -0.2) is 27.8 Å². The quantitative estimate of drug-likeness (QED) is 0.716. The van der Waals surface area contributed by atoms with Gasteiger partial charge in [0.2, 0.25) is 11.8 Å². The second kappa shape index (κ2) is 7.78. The average molecular weight is 369 g/mol. The molecule has 0 radical (unpaired) electrons. The van der Waals surface area contributed by atoms with Gasteiger partial charge in [0.05, 0.1) is 18.2 Å². The second-order valence-electron chi connectivity index (χ2n) is 5.35. The van der Waals surface area contributed by atoms with Gasteiger partial charge in [-0.05, 0) is 42.5 Å². The van der Waals surface area contributed by atoms with Crippen LogP contribution in [0, 0.1) is 11.3 Å². The molecule has 0 saturated carbocycles. The molecule has 1 aromatic heterocycles. The zero-order valence-electron chi connectivity index (χ0n) is 13.4. The Labute approximate surface area is 153 Å². The van der Waals surface area contributed by atoms with Crippen LogP contribution in [0.1, 0.15) is 27.9 Å². The van der Waals surface area contributed by atoms with Gasteiger partial charge in [-0.3, -0.25) is 4.79 Å². The largest absolute Gasteiger partial charge is 0.418 e. The lowest BCUT2D eigenvalue weighted by Gasteiger charge is -2.12. The van der Waals surface area contributed by atoms with Crippen LogP contribution in [0.3, 0.4) is 0 Å². The zero-order valence-corrected chi connectivity index (χ0v) is 14.1. The molecule has 0 saturated heterocycles. The van der Waals surface area contributed by atoms with Crippen molar-refractivity contribution in [2.24, 2.45) is 0 Å². The number of nitrogens with zero attached hydrogens (tertiary/aromatic N) is 3. The van der Waals surface area contributed by atoms with Crippen LogP contribution in [-0.2, 0) is 0 Å². The van der Waals surface area contributed by atoms with Gasteiger partial charge in [-0.15, -0.1) is 10.2 Å². The van der Waals surface area contributed by atoms with Gasteiger partial charge in [-0.25, -0.2) is 0 Å². The average Bonchev–Trinajstić information content (AvgIpc) is 3.16. The van der Waals surface area contributed by atoms with Crippen molar-refractivity contribution in [2.75, 3.05) is 6.61 Å².